The van der Waals surface area contributed by atoms with Crippen LogP contribution in [0.3, 0.4) is 0 Å². The molecule has 2 aromatic rings. The Morgan fingerprint density at radius 3 is 2.46 bits per heavy atom. The Bertz CT molecular complexity index is 778. The zero-order valence-electron chi connectivity index (χ0n) is 12.9. The zero-order chi connectivity index (χ0) is 18.1. The van der Waals surface area contributed by atoms with Gasteiger partial charge in [0, 0.05) is 5.69 Å². The Morgan fingerprint density at radius 2 is 1.92 bits per heavy atom. The summed E-state index contributed by atoms with van der Waals surface area (Å²) in [5, 5.41) is 10.1. The van der Waals surface area contributed by atoms with Crippen molar-refractivity contribution in [2.75, 3.05) is 11.4 Å². The van der Waals surface area contributed by atoms with E-state index >= 15 is 0 Å². The molecule has 0 radical (unpaired) electrons. The van der Waals surface area contributed by atoms with Gasteiger partial charge in [0.05, 0.1) is 22.7 Å². The molecular formula is C16H14Cl3FN2O2. The van der Waals surface area contributed by atoms with E-state index in [1.165, 1.54) is 43.0 Å². The minimum atomic E-state index is -1.22. The highest BCUT2D eigenvalue weighted by atomic mass is 35.5. The number of hydrogen-bond donors (Lipinski definition) is 1. The van der Waals surface area contributed by atoms with Crippen molar-refractivity contribution < 1.29 is 14.3 Å². The minimum Gasteiger partial charge on any atom is -0.389 e. The highest BCUT2D eigenvalue weighted by Crippen LogP contribution is 2.27. The van der Waals surface area contributed by atoms with Crippen molar-refractivity contribution in [3.8, 4) is 0 Å². The molecule has 4 nitrogen and oxygen atoms in total. The lowest BCUT2D eigenvalue weighted by Gasteiger charge is -2.29. The van der Waals surface area contributed by atoms with Crippen molar-refractivity contribution in [2.24, 2.45) is 0 Å². The first kappa shape index (κ1) is 18.9. The summed E-state index contributed by atoms with van der Waals surface area (Å²) in [5.41, 5.74) is -0.909. The molecule has 1 N–H and O–H groups in total. The first-order chi connectivity index (χ1) is 11.1. The molecule has 0 aliphatic carbocycles. The lowest BCUT2D eigenvalue weighted by Crippen LogP contribution is -2.42. The lowest BCUT2D eigenvalue weighted by molar-refractivity contribution is 0.0774. The summed E-state index contributed by atoms with van der Waals surface area (Å²) < 4.78 is 13.8. The standard InChI is InChI=1S/C16H14Cl3FN2O2/c1-16(2,24)8-22(9-3-5-11(17)12(20)7-9)15(23)10-4-6-13(18)21-14(10)19/h3-7,24H,8H2,1-2H3. The molecule has 2 rings (SSSR count). The summed E-state index contributed by atoms with van der Waals surface area (Å²) in [6.07, 6.45) is 0. The van der Waals surface area contributed by atoms with Crippen molar-refractivity contribution in [3.05, 3.63) is 57.0 Å². The average molecular weight is 392 g/mol. The van der Waals surface area contributed by atoms with E-state index in [-0.39, 0.29) is 33.1 Å². The maximum Gasteiger partial charge on any atom is 0.261 e. The molecule has 1 aromatic heterocycles. The molecule has 0 saturated carbocycles. The Kier molecular flexibility index (Phi) is 5.71. The molecule has 0 unspecified atom stereocenters. The van der Waals surface area contributed by atoms with E-state index in [9.17, 15) is 14.3 Å². The normalized spacial score (nSPS) is 11.5. The summed E-state index contributed by atoms with van der Waals surface area (Å²) in [6, 6.07) is 6.77. The van der Waals surface area contributed by atoms with Crippen LogP contribution in [-0.2, 0) is 0 Å². The second kappa shape index (κ2) is 7.23. The first-order valence-electron chi connectivity index (χ1n) is 6.90. The second-order valence-corrected chi connectivity index (χ2v) is 6.93. The monoisotopic (exact) mass is 390 g/mol. The van der Waals surface area contributed by atoms with Crippen molar-refractivity contribution in [3.63, 3.8) is 0 Å². The second-order valence-electron chi connectivity index (χ2n) is 5.77. The van der Waals surface area contributed by atoms with Gasteiger partial charge < -0.3 is 10.0 Å². The number of carbonyl (C=O) groups excluding carboxylic acids is 1. The molecule has 0 saturated heterocycles. The minimum absolute atomic E-state index is 0.0689. The van der Waals surface area contributed by atoms with E-state index in [1.807, 2.05) is 0 Å². The fraction of sp³-hybridized carbons (Fsp3) is 0.250. The zero-order valence-corrected chi connectivity index (χ0v) is 15.1. The summed E-state index contributed by atoms with van der Waals surface area (Å²) in [7, 11) is 0. The number of carbonyl (C=O) groups is 1. The number of benzene rings is 1. The van der Waals surface area contributed by atoms with Crippen LogP contribution in [0.25, 0.3) is 0 Å². The number of hydrogen-bond acceptors (Lipinski definition) is 3. The van der Waals surface area contributed by atoms with Crippen LogP contribution in [0, 0.1) is 5.82 Å². The number of rotatable bonds is 4. The molecule has 1 amide bonds. The number of aromatic nitrogens is 1. The van der Waals surface area contributed by atoms with E-state index in [4.69, 9.17) is 34.8 Å². The molecule has 0 fully saturated rings. The number of aliphatic hydroxyl groups is 1. The van der Waals surface area contributed by atoms with Gasteiger partial charge in [-0.15, -0.1) is 0 Å². The number of amides is 1. The number of anilines is 1. The molecule has 0 atom stereocenters. The third-order valence-electron chi connectivity index (χ3n) is 3.05. The Morgan fingerprint density at radius 1 is 1.25 bits per heavy atom. The van der Waals surface area contributed by atoms with E-state index in [0.717, 1.165) is 6.07 Å². The fourth-order valence-corrected chi connectivity index (χ4v) is 2.58. The van der Waals surface area contributed by atoms with E-state index in [2.05, 4.69) is 4.98 Å². The van der Waals surface area contributed by atoms with Crippen molar-refractivity contribution >= 4 is 46.4 Å². The topological polar surface area (TPSA) is 53.4 Å². The predicted octanol–water partition coefficient (Wildman–Crippen LogP) is 4.60. The van der Waals surface area contributed by atoms with Gasteiger partial charge in [-0.25, -0.2) is 9.37 Å². The largest absolute Gasteiger partial charge is 0.389 e. The van der Waals surface area contributed by atoms with Crippen molar-refractivity contribution in [2.45, 2.75) is 19.4 Å². The van der Waals surface area contributed by atoms with Crippen LogP contribution < -0.4 is 4.90 Å². The van der Waals surface area contributed by atoms with Crippen LogP contribution in [-0.4, -0.2) is 28.1 Å². The van der Waals surface area contributed by atoms with Gasteiger partial charge in [0.2, 0.25) is 0 Å². The molecule has 0 aliphatic rings. The van der Waals surface area contributed by atoms with Gasteiger partial charge in [0.25, 0.3) is 5.91 Å². The van der Waals surface area contributed by atoms with Gasteiger partial charge in [0.1, 0.15) is 16.1 Å². The van der Waals surface area contributed by atoms with Gasteiger partial charge in [-0.05, 0) is 44.2 Å². The fourth-order valence-electron chi connectivity index (χ4n) is 2.04. The Hall–Kier alpha value is -1.40. The van der Waals surface area contributed by atoms with Crippen LogP contribution >= 0.6 is 34.8 Å². The summed E-state index contributed by atoms with van der Waals surface area (Å²) in [4.78, 5) is 17.9. The molecule has 0 spiro atoms. The highest BCUT2D eigenvalue weighted by molar-refractivity contribution is 6.35. The highest BCUT2D eigenvalue weighted by Gasteiger charge is 2.27. The number of pyridine rings is 1. The molecule has 0 bridgehead atoms. The Balaban J connectivity index is 2.49. The van der Waals surface area contributed by atoms with Gasteiger partial charge >= 0.3 is 0 Å². The molecule has 24 heavy (non-hydrogen) atoms. The molecule has 1 heterocycles. The van der Waals surface area contributed by atoms with Gasteiger partial charge in [-0.2, -0.15) is 0 Å². The van der Waals surface area contributed by atoms with Crippen LogP contribution in [0.15, 0.2) is 30.3 Å². The smallest absolute Gasteiger partial charge is 0.261 e. The molecule has 1 aromatic carbocycles. The lowest BCUT2D eigenvalue weighted by atomic mass is 10.1. The summed E-state index contributed by atoms with van der Waals surface area (Å²) in [6.45, 7) is 2.97. The third kappa shape index (κ3) is 4.57. The van der Waals surface area contributed by atoms with Crippen LogP contribution in [0.4, 0.5) is 10.1 Å². The number of halogens is 4. The van der Waals surface area contributed by atoms with Gasteiger partial charge in [0.15, 0.2) is 0 Å². The van der Waals surface area contributed by atoms with Crippen molar-refractivity contribution in [1.29, 1.82) is 0 Å². The van der Waals surface area contributed by atoms with E-state index < -0.39 is 17.3 Å². The van der Waals surface area contributed by atoms with Gasteiger partial charge in [-0.1, -0.05) is 34.8 Å². The molecule has 8 heteroatoms. The average Bonchev–Trinajstić information content (AvgIpc) is 2.46. The Labute approximate surface area is 153 Å². The first-order valence-corrected chi connectivity index (χ1v) is 8.03. The summed E-state index contributed by atoms with van der Waals surface area (Å²) >= 11 is 17.4. The SMILES string of the molecule is CC(C)(O)CN(C(=O)c1ccc(Cl)nc1Cl)c1ccc(Cl)c(F)c1. The van der Waals surface area contributed by atoms with E-state index in [0.29, 0.717) is 0 Å². The predicted molar refractivity (Wildman–Crippen MR) is 93.6 cm³/mol. The molecule has 0 aliphatic heterocycles. The quantitative estimate of drug-likeness (QED) is 0.775. The van der Waals surface area contributed by atoms with Gasteiger partial charge in [-0.3, -0.25) is 4.79 Å². The van der Waals surface area contributed by atoms with Crippen molar-refractivity contribution in [1.82, 2.24) is 4.98 Å². The number of nitrogens with zero attached hydrogens (tertiary/aromatic N) is 2. The molecule has 128 valence electrons. The van der Waals surface area contributed by atoms with Crippen LogP contribution in [0.5, 0.6) is 0 Å². The van der Waals surface area contributed by atoms with Crippen LogP contribution in [0.1, 0.15) is 24.2 Å². The maximum absolute atomic E-state index is 13.8. The maximum atomic E-state index is 13.8. The molecular weight excluding hydrogens is 378 g/mol. The van der Waals surface area contributed by atoms with Crippen LogP contribution in [0.2, 0.25) is 15.3 Å². The summed E-state index contributed by atoms with van der Waals surface area (Å²) in [5.74, 6) is -1.23. The third-order valence-corrected chi connectivity index (χ3v) is 3.86. The van der Waals surface area contributed by atoms with E-state index in [1.54, 1.807) is 0 Å².